The fourth-order valence-corrected chi connectivity index (χ4v) is 4.20. The van der Waals surface area contributed by atoms with E-state index in [1.165, 1.54) is 30.5 Å². The Morgan fingerprint density at radius 3 is 2.26 bits per heavy atom. The van der Waals surface area contributed by atoms with E-state index in [0.29, 0.717) is 12.2 Å². The van der Waals surface area contributed by atoms with E-state index in [2.05, 4.69) is 15.0 Å². The van der Waals surface area contributed by atoms with Gasteiger partial charge in [-0.05, 0) is 30.2 Å². The van der Waals surface area contributed by atoms with Gasteiger partial charge in [0.05, 0.1) is 23.3 Å². The molecule has 0 aliphatic carbocycles. The van der Waals surface area contributed by atoms with Gasteiger partial charge in [0.25, 0.3) is 0 Å². The van der Waals surface area contributed by atoms with E-state index in [1.54, 1.807) is 10.9 Å². The number of hydrogen-bond acceptors (Lipinski definition) is 6. The lowest BCUT2D eigenvalue weighted by Crippen LogP contribution is -2.41. The SMILES string of the molecule is CC(C)C(Cn1ccnn1)NS(=O)(=O)c1ccc(N2C(=O)CCC2=O)cc1. The van der Waals surface area contributed by atoms with Gasteiger partial charge in [0.2, 0.25) is 21.8 Å². The van der Waals surface area contributed by atoms with Crippen LogP contribution in [0.2, 0.25) is 0 Å². The molecule has 1 N–H and O–H groups in total. The standard InChI is InChI=1S/C17H21N5O4S/c1-12(2)15(11-21-10-9-18-20-21)19-27(25,26)14-5-3-13(4-6-14)22-16(23)7-8-17(22)24/h3-6,9-10,12,15,19H,7-8,11H2,1-2H3. The molecular formula is C17H21N5O4S. The summed E-state index contributed by atoms with van der Waals surface area (Å²) in [4.78, 5) is 24.8. The highest BCUT2D eigenvalue weighted by molar-refractivity contribution is 7.89. The Labute approximate surface area is 157 Å². The van der Waals surface area contributed by atoms with Gasteiger partial charge in [-0.1, -0.05) is 19.1 Å². The molecule has 2 heterocycles. The maximum absolute atomic E-state index is 12.7. The second kappa shape index (κ2) is 7.57. The van der Waals surface area contributed by atoms with Crippen molar-refractivity contribution in [2.24, 2.45) is 5.92 Å². The number of nitrogens with one attached hydrogen (secondary N) is 1. The monoisotopic (exact) mass is 391 g/mol. The van der Waals surface area contributed by atoms with Crippen LogP contribution >= 0.6 is 0 Å². The van der Waals surface area contributed by atoms with E-state index >= 15 is 0 Å². The van der Waals surface area contributed by atoms with Gasteiger partial charge in [-0.2, -0.15) is 0 Å². The molecule has 0 saturated carbocycles. The number of amides is 2. The summed E-state index contributed by atoms with van der Waals surface area (Å²) in [5, 5.41) is 7.60. The summed E-state index contributed by atoms with van der Waals surface area (Å²) in [6.07, 6.45) is 3.56. The normalized spacial score (nSPS) is 16.3. The van der Waals surface area contributed by atoms with Gasteiger partial charge >= 0.3 is 0 Å². The first-order chi connectivity index (χ1) is 12.8. The molecule has 10 heteroatoms. The Bertz CT molecular complexity index is 907. The van der Waals surface area contributed by atoms with Crippen LogP contribution in [-0.2, 0) is 26.2 Å². The van der Waals surface area contributed by atoms with E-state index < -0.39 is 10.0 Å². The molecule has 144 valence electrons. The van der Waals surface area contributed by atoms with Crippen molar-refractivity contribution in [3.8, 4) is 0 Å². The topological polar surface area (TPSA) is 114 Å². The first-order valence-corrected chi connectivity index (χ1v) is 10.1. The van der Waals surface area contributed by atoms with Crippen molar-refractivity contribution in [2.45, 2.75) is 44.2 Å². The summed E-state index contributed by atoms with van der Waals surface area (Å²) < 4.78 is 29.7. The summed E-state index contributed by atoms with van der Waals surface area (Å²) in [6.45, 7) is 4.18. The molecule has 0 spiro atoms. The molecule has 9 nitrogen and oxygen atoms in total. The number of hydrogen-bond donors (Lipinski definition) is 1. The van der Waals surface area contributed by atoms with Crippen molar-refractivity contribution in [1.29, 1.82) is 0 Å². The molecular weight excluding hydrogens is 370 g/mol. The highest BCUT2D eigenvalue weighted by atomic mass is 32.2. The highest BCUT2D eigenvalue weighted by Gasteiger charge is 2.30. The molecule has 0 radical (unpaired) electrons. The quantitative estimate of drug-likeness (QED) is 0.703. The van der Waals surface area contributed by atoms with Gasteiger partial charge in [0.15, 0.2) is 0 Å². The molecule has 1 aliphatic rings. The van der Waals surface area contributed by atoms with Crippen molar-refractivity contribution >= 4 is 27.5 Å². The lowest BCUT2D eigenvalue weighted by Gasteiger charge is -2.22. The second-order valence-corrected chi connectivity index (χ2v) is 8.43. The average Bonchev–Trinajstić information content (AvgIpc) is 3.24. The van der Waals surface area contributed by atoms with Crippen LogP contribution < -0.4 is 9.62 Å². The van der Waals surface area contributed by atoms with Gasteiger partial charge in [-0.15, -0.1) is 5.10 Å². The number of carbonyl (C=O) groups is 2. The van der Waals surface area contributed by atoms with Crippen LogP contribution in [0.5, 0.6) is 0 Å². The number of nitrogens with zero attached hydrogens (tertiary/aromatic N) is 4. The van der Waals surface area contributed by atoms with E-state index in [9.17, 15) is 18.0 Å². The van der Waals surface area contributed by atoms with Crippen molar-refractivity contribution in [3.63, 3.8) is 0 Å². The van der Waals surface area contributed by atoms with Gasteiger partial charge in [-0.3, -0.25) is 19.2 Å². The predicted octanol–water partition coefficient (Wildman–Crippen LogP) is 0.935. The molecule has 1 aliphatic heterocycles. The zero-order valence-electron chi connectivity index (χ0n) is 15.1. The van der Waals surface area contributed by atoms with Gasteiger partial charge in [0.1, 0.15) is 0 Å². The lowest BCUT2D eigenvalue weighted by molar-refractivity contribution is -0.121. The average molecular weight is 391 g/mol. The number of anilines is 1. The Kier molecular flexibility index (Phi) is 5.38. The van der Waals surface area contributed by atoms with Crippen LogP contribution in [0.4, 0.5) is 5.69 Å². The molecule has 1 unspecified atom stereocenters. The molecule has 1 saturated heterocycles. The maximum Gasteiger partial charge on any atom is 0.240 e. The lowest BCUT2D eigenvalue weighted by atomic mass is 10.1. The largest absolute Gasteiger partial charge is 0.274 e. The van der Waals surface area contributed by atoms with Crippen LogP contribution in [0, 0.1) is 5.92 Å². The molecule has 1 atom stereocenters. The molecule has 0 bridgehead atoms. The Balaban J connectivity index is 1.77. The summed E-state index contributed by atoms with van der Waals surface area (Å²) in [6, 6.07) is 5.35. The Hall–Kier alpha value is -2.59. The van der Waals surface area contributed by atoms with Crippen LogP contribution in [0.1, 0.15) is 26.7 Å². The summed E-state index contributed by atoms with van der Waals surface area (Å²) in [5.41, 5.74) is 0.379. The van der Waals surface area contributed by atoms with Gasteiger partial charge in [-0.25, -0.2) is 13.1 Å². The minimum absolute atomic E-state index is 0.0306. The third kappa shape index (κ3) is 4.22. The summed E-state index contributed by atoms with van der Waals surface area (Å²) >= 11 is 0. The zero-order valence-corrected chi connectivity index (χ0v) is 15.9. The minimum atomic E-state index is -3.77. The van der Waals surface area contributed by atoms with E-state index in [0.717, 1.165) is 4.90 Å². The van der Waals surface area contributed by atoms with Crippen LogP contribution in [0.25, 0.3) is 0 Å². The first-order valence-electron chi connectivity index (χ1n) is 8.60. The Morgan fingerprint density at radius 2 is 1.74 bits per heavy atom. The third-order valence-corrected chi connectivity index (χ3v) is 5.93. The van der Waals surface area contributed by atoms with Crippen molar-refractivity contribution < 1.29 is 18.0 Å². The van der Waals surface area contributed by atoms with Crippen molar-refractivity contribution in [1.82, 2.24) is 19.7 Å². The van der Waals surface area contributed by atoms with Gasteiger partial charge in [0, 0.05) is 25.1 Å². The summed E-state index contributed by atoms with van der Waals surface area (Å²) in [7, 11) is -3.77. The van der Waals surface area contributed by atoms with Crippen LogP contribution in [0.15, 0.2) is 41.6 Å². The number of aromatic nitrogens is 3. The number of imide groups is 1. The number of sulfonamides is 1. The predicted molar refractivity (Wildman–Crippen MR) is 97.1 cm³/mol. The van der Waals surface area contributed by atoms with Gasteiger partial charge < -0.3 is 0 Å². The number of carbonyl (C=O) groups excluding carboxylic acids is 2. The molecule has 3 rings (SSSR count). The molecule has 1 aromatic heterocycles. The second-order valence-electron chi connectivity index (χ2n) is 6.71. The minimum Gasteiger partial charge on any atom is -0.274 e. The van der Waals surface area contributed by atoms with Crippen molar-refractivity contribution in [2.75, 3.05) is 4.90 Å². The first kappa shape index (κ1) is 19.2. The molecule has 2 aromatic rings. The molecule has 2 amide bonds. The Morgan fingerprint density at radius 1 is 1.11 bits per heavy atom. The molecule has 27 heavy (non-hydrogen) atoms. The summed E-state index contributed by atoms with van der Waals surface area (Å²) in [5.74, 6) is -0.522. The molecule has 1 fully saturated rings. The number of benzene rings is 1. The fraction of sp³-hybridized carbons (Fsp3) is 0.412. The van der Waals surface area contributed by atoms with E-state index in [1.807, 2.05) is 13.8 Å². The van der Waals surface area contributed by atoms with E-state index in [4.69, 9.17) is 0 Å². The number of rotatable bonds is 7. The zero-order chi connectivity index (χ0) is 19.6. The molecule has 1 aromatic carbocycles. The van der Waals surface area contributed by atoms with Crippen molar-refractivity contribution in [3.05, 3.63) is 36.7 Å². The highest BCUT2D eigenvalue weighted by Crippen LogP contribution is 2.24. The van der Waals surface area contributed by atoms with E-state index in [-0.39, 0.29) is 41.5 Å². The third-order valence-electron chi connectivity index (χ3n) is 4.42. The maximum atomic E-state index is 12.7. The fourth-order valence-electron chi connectivity index (χ4n) is 2.82. The smallest absolute Gasteiger partial charge is 0.240 e. The van der Waals surface area contributed by atoms with Crippen LogP contribution in [0.3, 0.4) is 0 Å². The van der Waals surface area contributed by atoms with Crippen LogP contribution in [-0.4, -0.2) is 41.3 Å².